The maximum Gasteiger partial charge on any atom is 0.306 e. The van der Waals surface area contributed by atoms with Crippen LogP contribution in [0.3, 0.4) is 0 Å². The van der Waals surface area contributed by atoms with Crippen LogP contribution in [0.15, 0.2) is 30.3 Å². The highest BCUT2D eigenvalue weighted by Gasteiger charge is 2.25. The van der Waals surface area contributed by atoms with E-state index in [1.807, 2.05) is 0 Å². The van der Waals surface area contributed by atoms with Gasteiger partial charge in [-0.15, -0.1) is 0 Å². The minimum absolute atomic E-state index is 0.0914. The molecule has 6 heteroatoms. The fraction of sp³-hybridized carbons (Fsp3) is 0.375. The molecule has 1 aliphatic rings. The monoisotopic (exact) mass is 307 g/mol. The summed E-state index contributed by atoms with van der Waals surface area (Å²) in [7, 11) is 0. The van der Waals surface area contributed by atoms with E-state index >= 15 is 0 Å². The second-order valence-corrected chi connectivity index (χ2v) is 5.09. The van der Waals surface area contributed by atoms with E-state index < -0.39 is 12.1 Å². The van der Waals surface area contributed by atoms with Crippen molar-refractivity contribution in [3.63, 3.8) is 0 Å². The quantitative estimate of drug-likeness (QED) is 0.902. The third kappa shape index (κ3) is 4.96. The Bertz CT molecular complexity index is 573. The number of hydrogen-bond donors (Lipinski definition) is 1. The van der Waals surface area contributed by atoms with Crippen LogP contribution in [-0.4, -0.2) is 47.7 Å². The van der Waals surface area contributed by atoms with Gasteiger partial charge >= 0.3 is 5.97 Å². The molecular weight excluding hydrogens is 289 g/mol. The standard InChI is InChI=1S/C16H18FNO4/c17-13-5-1-3-12(9-13)4-2-6-15(19)18-7-8-22-14(11-18)10-16(20)21/h1-5,9,14H,6-8,10-11H2,(H,20,21). The van der Waals surface area contributed by atoms with E-state index in [1.54, 1.807) is 29.2 Å². The van der Waals surface area contributed by atoms with Crippen molar-refractivity contribution in [2.24, 2.45) is 0 Å². The van der Waals surface area contributed by atoms with E-state index in [0.717, 1.165) is 0 Å². The lowest BCUT2D eigenvalue weighted by Crippen LogP contribution is -2.46. The van der Waals surface area contributed by atoms with Crippen LogP contribution in [0.25, 0.3) is 6.08 Å². The number of carboxylic acids is 1. The van der Waals surface area contributed by atoms with E-state index in [0.29, 0.717) is 25.3 Å². The molecule has 118 valence electrons. The smallest absolute Gasteiger partial charge is 0.306 e. The van der Waals surface area contributed by atoms with Crippen LogP contribution < -0.4 is 0 Å². The van der Waals surface area contributed by atoms with Gasteiger partial charge in [0.2, 0.25) is 5.91 Å². The van der Waals surface area contributed by atoms with Crippen LogP contribution in [0.2, 0.25) is 0 Å². The zero-order valence-corrected chi connectivity index (χ0v) is 12.1. The van der Waals surface area contributed by atoms with Gasteiger partial charge in [-0.2, -0.15) is 0 Å². The van der Waals surface area contributed by atoms with E-state index in [4.69, 9.17) is 9.84 Å². The number of carbonyl (C=O) groups is 2. The third-order valence-electron chi connectivity index (χ3n) is 3.35. The lowest BCUT2D eigenvalue weighted by atomic mass is 10.1. The van der Waals surface area contributed by atoms with Gasteiger partial charge in [-0.25, -0.2) is 4.39 Å². The number of carbonyl (C=O) groups excluding carboxylic acids is 1. The first-order valence-electron chi connectivity index (χ1n) is 7.08. The molecule has 1 N–H and O–H groups in total. The molecule has 2 rings (SSSR count). The average Bonchev–Trinajstić information content (AvgIpc) is 2.47. The van der Waals surface area contributed by atoms with E-state index in [-0.39, 0.29) is 24.6 Å². The maximum atomic E-state index is 13.0. The lowest BCUT2D eigenvalue weighted by Gasteiger charge is -2.32. The van der Waals surface area contributed by atoms with Crippen LogP contribution in [0, 0.1) is 5.82 Å². The van der Waals surface area contributed by atoms with Crippen LogP contribution in [0.4, 0.5) is 4.39 Å². The average molecular weight is 307 g/mol. The summed E-state index contributed by atoms with van der Waals surface area (Å²) in [5.74, 6) is -1.35. The highest BCUT2D eigenvalue weighted by molar-refractivity contribution is 5.79. The molecule has 1 atom stereocenters. The van der Waals surface area contributed by atoms with Gasteiger partial charge in [0, 0.05) is 19.5 Å². The lowest BCUT2D eigenvalue weighted by molar-refractivity contribution is -0.147. The van der Waals surface area contributed by atoms with Crippen molar-refractivity contribution in [2.45, 2.75) is 18.9 Å². The van der Waals surface area contributed by atoms with Crippen molar-refractivity contribution in [3.05, 3.63) is 41.7 Å². The number of carboxylic acid groups (broad SMARTS) is 1. The van der Waals surface area contributed by atoms with Gasteiger partial charge in [0.1, 0.15) is 5.82 Å². The fourth-order valence-electron chi connectivity index (χ4n) is 2.30. The van der Waals surface area contributed by atoms with Gasteiger partial charge in [0.05, 0.1) is 19.1 Å². The Morgan fingerprint density at radius 2 is 2.27 bits per heavy atom. The molecular formula is C16H18FNO4. The molecule has 1 aromatic rings. The number of benzene rings is 1. The molecule has 1 aromatic carbocycles. The molecule has 1 unspecified atom stereocenters. The Hall–Kier alpha value is -2.21. The summed E-state index contributed by atoms with van der Waals surface area (Å²) in [4.78, 5) is 24.4. The Labute approximate surface area is 128 Å². The largest absolute Gasteiger partial charge is 0.481 e. The van der Waals surface area contributed by atoms with Gasteiger partial charge in [-0.05, 0) is 17.7 Å². The zero-order valence-electron chi connectivity index (χ0n) is 12.1. The second kappa shape index (κ2) is 7.70. The van der Waals surface area contributed by atoms with Crippen molar-refractivity contribution >= 4 is 18.0 Å². The van der Waals surface area contributed by atoms with Gasteiger partial charge in [0.15, 0.2) is 0 Å². The van der Waals surface area contributed by atoms with E-state index in [9.17, 15) is 14.0 Å². The zero-order chi connectivity index (χ0) is 15.9. The summed E-state index contributed by atoms with van der Waals surface area (Å²) in [5.41, 5.74) is 0.693. The molecule has 1 fully saturated rings. The van der Waals surface area contributed by atoms with Crippen LogP contribution in [-0.2, 0) is 14.3 Å². The van der Waals surface area contributed by atoms with E-state index in [2.05, 4.69) is 0 Å². The first kappa shape index (κ1) is 16.2. The molecule has 1 saturated heterocycles. The minimum Gasteiger partial charge on any atom is -0.481 e. The van der Waals surface area contributed by atoms with Crippen molar-refractivity contribution in [1.29, 1.82) is 0 Å². The molecule has 0 bridgehead atoms. The van der Waals surface area contributed by atoms with E-state index in [1.165, 1.54) is 12.1 Å². The summed E-state index contributed by atoms with van der Waals surface area (Å²) >= 11 is 0. The molecule has 0 aromatic heterocycles. The number of aliphatic carboxylic acids is 1. The van der Waals surface area contributed by atoms with Crippen LogP contribution >= 0.6 is 0 Å². The van der Waals surface area contributed by atoms with Crippen LogP contribution in [0.1, 0.15) is 18.4 Å². The molecule has 1 heterocycles. The van der Waals surface area contributed by atoms with Crippen molar-refractivity contribution < 1.29 is 23.8 Å². The number of rotatable bonds is 5. The topological polar surface area (TPSA) is 66.8 Å². The Morgan fingerprint density at radius 1 is 1.45 bits per heavy atom. The molecule has 0 aliphatic carbocycles. The number of nitrogens with zero attached hydrogens (tertiary/aromatic N) is 1. The first-order valence-corrected chi connectivity index (χ1v) is 7.08. The predicted octanol–water partition coefficient (Wildman–Crippen LogP) is 1.93. The highest BCUT2D eigenvalue weighted by Crippen LogP contribution is 2.11. The maximum absolute atomic E-state index is 13.0. The SMILES string of the molecule is O=C(O)CC1CN(C(=O)CC=Cc2cccc(F)c2)CCO1. The number of amides is 1. The summed E-state index contributed by atoms with van der Waals surface area (Å²) in [6, 6.07) is 6.11. The molecule has 22 heavy (non-hydrogen) atoms. The number of ether oxygens (including phenoxy) is 1. The normalized spacial score (nSPS) is 18.6. The summed E-state index contributed by atoms with van der Waals surface area (Å²) in [6.45, 7) is 1.10. The van der Waals surface area contributed by atoms with Crippen molar-refractivity contribution in [2.75, 3.05) is 19.7 Å². The number of morpholine rings is 1. The Balaban J connectivity index is 1.85. The second-order valence-electron chi connectivity index (χ2n) is 5.09. The molecule has 0 saturated carbocycles. The number of hydrogen-bond acceptors (Lipinski definition) is 3. The Morgan fingerprint density at radius 3 is 3.00 bits per heavy atom. The molecule has 0 radical (unpaired) electrons. The third-order valence-corrected chi connectivity index (χ3v) is 3.35. The molecule has 1 aliphatic heterocycles. The predicted molar refractivity (Wildman–Crippen MR) is 78.6 cm³/mol. The minimum atomic E-state index is -0.940. The summed E-state index contributed by atoms with van der Waals surface area (Å²) < 4.78 is 18.3. The highest BCUT2D eigenvalue weighted by atomic mass is 19.1. The van der Waals surface area contributed by atoms with Gasteiger partial charge in [-0.1, -0.05) is 24.3 Å². The van der Waals surface area contributed by atoms with Crippen molar-refractivity contribution in [1.82, 2.24) is 4.90 Å². The Kier molecular flexibility index (Phi) is 5.66. The number of halogens is 1. The van der Waals surface area contributed by atoms with Crippen molar-refractivity contribution in [3.8, 4) is 0 Å². The summed E-state index contributed by atoms with van der Waals surface area (Å²) in [5, 5.41) is 8.76. The van der Waals surface area contributed by atoms with Gasteiger partial charge in [-0.3, -0.25) is 9.59 Å². The molecule has 1 amide bonds. The first-order chi connectivity index (χ1) is 10.5. The van der Waals surface area contributed by atoms with Crippen LogP contribution in [0.5, 0.6) is 0 Å². The van der Waals surface area contributed by atoms with Gasteiger partial charge < -0.3 is 14.7 Å². The molecule has 0 spiro atoms. The molecule has 5 nitrogen and oxygen atoms in total. The fourth-order valence-corrected chi connectivity index (χ4v) is 2.30. The summed E-state index contributed by atoms with van der Waals surface area (Å²) in [6.07, 6.45) is 3.00. The van der Waals surface area contributed by atoms with Gasteiger partial charge in [0.25, 0.3) is 0 Å².